The van der Waals surface area contributed by atoms with E-state index in [1.54, 1.807) is 0 Å². The summed E-state index contributed by atoms with van der Waals surface area (Å²) in [6.07, 6.45) is 1.91. The highest BCUT2D eigenvalue weighted by atomic mass is 14.9. The minimum absolute atomic E-state index is 0.576. The average molecular weight is 227 g/mol. The van der Waals surface area contributed by atoms with Gasteiger partial charge >= 0.3 is 0 Å². The number of nitrogens with zero attached hydrogens (tertiary/aromatic N) is 2. The van der Waals surface area contributed by atoms with Crippen LogP contribution in [0.15, 0.2) is 30.3 Å². The second-order valence-electron chi connectivity index (χ2n) is 4.10. The molecule has 1 heterocycles. The van der Waals surface area contributed by atoms with Crippen molar-refractivity contribution in [3.8, 4) is 11.1 Å². The van der Waals surface area contributed by atoms with Crippen LogP contribution in [0.1, 0.15) is 24.9 Å². The van der Waals surface area contributed by atoms with Gasteiger partial charge in [0.1, 0.15) is 11.6 Å². The summed E-state index contributed by atoms with van der Waals surface area (Å²) in [6, 6.07) is 10.0. The molecule has 0 aliphatic carbocycles. The van der Waals surface area contributed by atoms with Crippen molar-refractivity contribution in [2.24, 2.45) is 0 Å². The summed E-state index contributed by atoms with van der Waals surface area (Å²) in [5, 5.41) is 0. The predicted molar refractivity (Wildman–Crippen MR) is 70.6 cm³/mol. The highest BCUT2D eigenvalue weighted by molar-refractivity contribution is 5.75. The largest absolute Gasteiger partial charge is 0.383 e. The van der Waals surface area contributed by atoms with Gasteiger partial charge < -0.3 is 5.73 Å². The van der Waals surface area contributed by atoms with E-state index in [1.165, 1.54) is 0 Å². The summed E-state index contributed by atoms with van der Waals surface area (Å²) in [4.78, 5) is 8.88. The molecule has 0 unspecified atom stereocenters. The van der Waals surface area contributed by atoms with Crippen molar-refractivity contribution in [3.05, 3.63) is 41.9 Å². The zero-order valence-corrected chi connectivity index (χ0v) is 10.3. The highest BCUT2D eigenvalue weighted by Gasteiger charge is 2.10. The first-order valence-corrected chi connectivity index (χ1v) is 5.90. The van der Waals surface area contributed by atoms with Crippen molar-refractivity contribution in [1.82, 2.24) is 9.97 Å². The third-order valence-corrected chi connectivity index (χ3v) is 2.70. The summed E-state index contributed by atoms with van der Waals surface area (Å²) >= 11 is 0. The first-order valence-electron chi connectivity index (χ1n) is 5.90. The smallest absolute Gasteiger partial charge is 0.135 e. The van der Waals surface area contributed by atoms with Crippen molar-refractivity contribution < 1.29 is 0 Å². The monoisotopic (exact) mass is 227 g/mol. The lowest BCUT2D eigenvalue weighted by atomic mass is 10.0. The molecule has 3 heteroatoms. The number of hydrogen-bond acceptors (Lipinski definition) is 3. The van der Waals surface area contributed by atoms with Gasteiger partial charge in [0.05, 0.1) is 5.69 Å². The lowest BCUT2D eigenvalue weighted by Crippen LogP contribution is -2.04. The Morgan fingerprint density at radius 1 is 1.12 bits per heavy atom. The fraction of sp³-hybridized carbons (Fsp3) is 0.286. The van der Waals surface area contributed by atoms with Crippen molar-refractivity contribution in [2.75, 3.05) is 5.73 Å². The second-order valence-corrected chi connectivity index (χ2v) is 4.10. The second kappa shape index (κ2) is 4.95. The van der Waals surface area contributed by atoms with E-state index < -0.39 is 0 Å². The van der Waals surface area contributed by atoms with Crippen LogP contribution in [0, 0.1) is 6.92 Å². The van der Waals surface area contributed by atoms with Crippen LogP contribution in [0.2, 0.25) is 0 Å². The summed E-state index contributed by atoms with van der Waals surface area (Å²) in [5.74, 6) is 1.41. The van der Waals surface area contributed by atoms with E-state index in [0.29, 0.717) is 5.82 Å². The van der Waals surface area contributed by atoms with Crippen LogP contribution >= 0.6 is 0 Å². The normalized spacial score (nSPS) is 10.5. The van der Waals surface area contributed by atoms with Gasteiger partial charge in [-0.3, -0.25) is 0 Å². The van der Waals surface area contributed by atoms with Gasteiger partial charge in [0, 0.05) is 12.0 Å². The zero-order valence-electron chi connectivity index (χ0n) is 10.3. The van der Waals surface area contributed by atoms with Crippen LogP contribution in [0.25, 0.3) is 11.1 Å². The lowest BCUT2D eigenvalue weighted by Gasteiger charge is -2.10. The predicted octanol–water partition coefficient (Wildman–Crippen LogP) is 2.99. The maximum atomic E-state index is 6.03. The maximum Gasteiger partial charge on any atom is 0.135 e. The third kappa shape index (κ3) is 2.44. The number of benzene rings is 1. The molecule has 0 aliphatic rings. The van der Waals surface area contributed by atoms with Gasteiger partial charge in [-0.1, -0.05) is 37.3 Å². The first kappa shape index (κ1) is 11.6. The molecular weight excluding hydrogens is 210 g/mol. The van der Waals surface area contributed by atoms with E-state index in [0.717, 1.165) is 35.5 Å². The number of nitrogen functional groups attached to an aromatic ring is 1. The minimum atomic E-state index is 0.576. The Hall–Kier alpha value is -1.90. The van der Waals surface area contributed by atoms with Crippen LogP contribution < -0.4 is 5.73 Å². The van der Waals surface area contributed by atoms with Crippen LogP contribution in [0.5, 0.6) is 0 Å². The van der Waals surface area contributed by atoms with Crippen LogP contribution in [-0.4, -0.2) is 9.97 Å². The summed E-state index contributed by atoms with van der Waals surface area (Å²) in [7, 11) is 0. The first-order chi connectivity index (χ1) is 8.22. The molecule has 0 aliphatic heterocycles. The molecule has 0 radical (unpaired) electrons. The molecule has 0 saturated carbocycles. The number of rotatable bonds is 3. The number of anilines is 1. The molecule has 17 heavy (non-hydrogen) atoms. The van der Waals surface area contributed by atoms with Gasteiger partial charge in [0.2, 0.25) is 0 Å². The zero-order chi connectivity index (χ0) is 12.3. The number of aromatic nitrogens is 2. The van der Waals surface area contributed by atoms with E-state index in [-0.39, 0.29) is 0 Å². The van der Waals surface area contributed by atoms with E-state index in [1.807, 2.05) is 37.3 Å². The van der Waals surface area contributed by atoms with E-state index >= 15 is 0 Å². The third-order valence-electron chi connectivity index (χ3n) is 2.70. The number of nitrogens with two attached hydrogens (primary N) is 1. The molecule has 0 saturated heterocycles. The molecular formula is C14H17N3. The topological polar surface area (TPSA) is 51.8 Å². The minimum Gasteiger partial charge on any atom is -0.383 e. The van der Waals surface area contributed by atoms with E-state index in [9.17, 15) is 0 Å². The SMILES string of the molecule is CCCc1nc(C)c(-c2ccccc2)c(N)n1. The molecule has 0 fully saturated rings. The Morgan fingerprint density at radius 3 is 2.41 bits per heavy atom. The van der Waals surface area contributed by atoms with Crippen molar-refractivity contribution in [1.29, 1.82) is 0 Å². The molecule has 1 aromatic heterocycles. The molecule has 1 aromatic carbocycles. The van der Waals surface area contributed by atoms with Crippen molar-refractivity contribution >= 4 is 5.82 Å². The van der Waals surface area contributed by atoms with Crippen LogP contribution in [-0.2, 0) is 6.42 Å². The Labute approximate surface area is 102 Å². The molecule has 0 spiro atoms. The van der Waals surface area contributed by atoms with Gasteiger partial charge in [-0.2, -0.15) is 0 Å². The molecule has 3 nitrogen and oxygen atoms in total. The standard InChI is InChI=1S/C14H17N3/c1-3-7-12-16-10(2)13(14(15)17-12)11-8-5-4-6-9-11/h4-6,8-9H,3,7H2,1-2H3,(H2,15,16,17). The summed E-state index contributed by atoms with van der Waals surface area (Å²) < 4.78 is 0. The molecule has 2 aromatic rings. The molecule has 0 amide bonds. The Kier molecular flexibility index (Phi) is 3.38. The molecule has 0 bridgehead atoms. The quantitative estimate of drug-likeness (QED) is 0.877. The number of aryl methyl sites for hydroxylation is 2. The fourth-order valence-corrected chi connectivity index (χ4v) is 1.95. The molecule has 0 atom stereocenters. The Balaban J connectivity index is 2.49. The van der Waals surface area contributed by atoms with Gasteiger partial charge in [-0.25, -0.2) is 9.97 Å². The Bertz CT molecular complexity index is 483. The number of hydrogen-bond donors (Lipinski definition) is 1. The van der Waals surface area contributed by atoms with E-state index in [2.05, 4.69) is 16.9 Å². The van der Waals surface area contributed by atoms with Gasteiger partial charge in [0.25, 0.3) is 0 Å². The molecule has 2 rings (SSSR count). The highest BCUT2D eigenvalue weighted by Crippen LogP contribution is 2.26. The van der Waals surface area contributed by atoms with Gasteiger partial charge in [-0.05, 0) is 18.9 Å². The lowest BCUT2D eigenvalue weighted by molar-refractivity contribution is 0.829. The fourth-order valence-electron chi connectivity index (χ4n) is 1.95. The van der Waals surface area contributed by atoms with Crippen LogP contribution in [0.4, 0.5) is 5.82 Å². The van der Waals surface area contributed by atoms with Crippen molar-refractivity contribution in [3.63, 3.8) is 0 Å². The van der Waals surface area contributed by atoms with Crippen molar-refractivity contribution in [2.45, 2.75) is 26.7 Å². The molecule has 88 valence electrons. The van der Waals surface area contributed by atoms with Crippen LogP contribution in [0.3, 0.4) is 0 Å². The van der Waals surface area contributed by atoms with E-state index in [4.69, 9.17) is 5.73 Å². The summed E-state index contributed by atoms with van der Waals surface area (Å²) in [6.45, 7) is 4.10. The average Bonchev–Trinajstić information content (AvgIpc) is 2.30. The summed E-state index contributed by atoms with van der Waals surface area (Å²) in [5.41, 5.74) is 9.01. The van der Waals surface area contributed by atoms with Gasteiger partial charge in [-0.15, -0.1) is 0 Å². The van der Waals surface area contributed by atoms with Gasteiger partial charge in [0.15, 0.2) is 0 Å². The maximum absolute atomic E-state index is 6.03. The molecule has 2 N–H and O–H groups in total. The Morgan fingerprint density at radius 2 is 1.82 bits per heavy atom.